The minimum absolute atomic E-state index is 0.0473. The van der Waals surface area contributed by atoms with Crippen molar-refractivity contribution in [3.63, 3.8) is 0 Å². The summed E-state index contributed by atoms with van der Waals surface area (Å²) < 4.78 is 5.13. The predicted octanol–water partition coefficient (Wildman–Crippen LogP) is 2.09. The molecular formula is C16H20N2O6. The van der Waals surface area contributed by atoms with Crippen LogP contribution >= 0.6 is 0 Å². The van der Waals surface area contributed by atoms with Crippen LogP contribution < -0.4 is 4.74 Å². The van der Waals surface area contributed by atoms with Gasteiger partial charge in [0.25, 0.3) is 11.6 Å². The fourth-order valence-electron chi connectivity index (χ4n) is 3.08. The summed E-state index contributed by atoms with van der Waals surface area (Å²) in [6.45, 7) is 3.96. The van der Waals surface area contributed by atoms with Gasteiger partial charge in [0.1, 0.15) is 5.75 Å². The highest BCUT2D eigenvalue weighted by Gasteiger charge is 2.33. The van der Waals surface area contributed by atoms with E-state index in [9.17, 15) is 24.8 Å². The lowest BCUT2D eigenvalue weighted by Crippen LogP contribution is -2.45. The average Bonchev–Trinajstić information content (AvgIpc) is 2.53. The molecule has 1 amide bonds. The van der Waals surface area contributed by atoms with E-state index in [1.54, 1.807) is 6.92 Å². The number of benzene rings is 1. The number of nitrogens with zero attached hydrogens (tertiary/aromatic N) is 2. The Morgan fingerprint density at radius 1 is 1.38 bits per heavy atom. The molecule has 0 bridgehead atoms. The number of methoxy groups -OCH3 is 1. The number of carboxylic acid groups (broad SMARTS) is 1. The number of rotatable bonds is 4. The van der Waals surface area contributed by atoms with Crippen molar-refractivity contribution in [2.45, 2.75) is 20.3 Å². The molecule has 1 saturated heterocycles. The van der Waals surface area contributed by atoms with Crippen molar-refractivity contribution in [3.8, 4) is 5.75 Å². The SMILES string of the molecule is COc1cc(C(=O)N2CC(C)CC(C(=O)O)C2)cc([N+](=O)[O-])c1C. The number of carbonyl (C=O) groups excluding carboxylic acids is 1. The first-order chi connectivity index (χ1) is 11.2. The second kappa shape index (κ2) is 6.86. The maximum absolute atomic E-state index is 12.7. The van der Waals surface area contributed by atoms with Gasteiger partial charge in [-0.1, -0.05) is 6.92 Å². The molecule has 2 rings (SSSR count). The lowest BCUT2D eigenvalue weighted by atomic mass is 9.90. The first-order valence-corrected chi connectivity index (χ1v) is 7.59. The summed E-state index contributed by atoms with van der Waals surface area (Å²) in [7, 11) is 1.38. The number of hydrogen-bond acceptors (Lipinski definition) is 5. The van der Waals surface area contributed by atoms with E-state index in [-0.39, 0.29) is 29.5 Å². The fourth-order valence-corrected chi connectivity index (χ4v) is 3.08. The fraction of sp³-hybridized carbons (Fsp3) is 0.500. The van der Waals surface area contributed by atoms with Crippen LogP contribution in [0.2, 0.25) is 0 Å². The number of amides is 1. The molecule has 1 N–H and O–H groups in total. The molecule has 0 spiro atoms. The highest BCUT2D eigenvalue weighted by atomic mass is 16.6. The van der Waals surface area contributed by atoms with Crippen molar-refractivity contribution in [1.82, 2.24) is 4.90 Å². The van der Waals surface area contributed by atoms with Gasteiger partial charge in [-0.05, 0) is 25.3 Å². The highest BCUT2D eigenvalue weighted by molar-refractivity contribution is 5.96. The first kappa shape index (κ1) is 17.7. The van der Waals surface area contributed by atoms with Crippen molar-refractivity contribution < 1.29 is 24.4 Å². The Morgan fingerprint density at radius 2 is 2.04 bits per heavy atom. The summed E-state index contributed by atoms with van der Waals surface area (Å²) in [5, 5.41) is 20.4. The van der Waals surface area contributed by atoms with Gasteiger partial charge < -0.3 is 14.7 Å². The Morgan fingerprint density at radius 3 is 2.58 bits per heavy atom. The smallest absolute Gasteiger partial charge is 0.308 e. The van der Waals surface area contributed by atoms with E-state index in [1.807, 2.05) is 6.92 Å². The van der Waals surface area contributed by atoms with Crippen LogP contribution in [-0.4, -0.2) is 47.0 Å². The van der Waals surface area contributed by atoms with Crippen LogP contribution in [-0.2, 0) is 4.79 Å². The Kier molecular flexibility index (Phi) is 5.06. The standard InChI is InChI=1S/C16H20N2O6/c1-9-4-12(16(20)21)8-17(7-9)15(19)11-5-13(18(22)23)10(2)14(6-11)24-3/h5-6,9,12H,4,7-8H2,1-3H3,(H,20,21). The van der Waals surface area contributed by atoms with E-state index in [0.29, 0.717) is 18.5 Å². The molecule has 0 saturated carbocycles. The van der Waals surface area contributed by atoms with Gasteiger partial charge >= 0.3 is 5.97 Å². The molecule has 130 valence electrons. The second-order valence-corrected chi connectivity index (χ2v) is 6.17. The highest BCUT2D eigenvalue weighted by Crippen LogP contribution is 2.31. The normalized spacial score (nSPS) is 20.5. The zero-order chi connectivity index (χ0) is 18.0. The lowest BCUT2D eigenvalue weighted by Gasteiger charge is -2.34. The number of nitro groups is 1. The van der Waals surface area contributed by atoms with Gasteiger partial charge in [0.2, 0.25) is 0 Å². The average molecular weight is 336 g/mol. The largest absolute Gasteiger partial charge is 0.496 e. The van der Waals surface area contributed by atoms with Crippen LogP contribution in [0.3, 0.4) is 0 Å². The molecule has 24 heavy (non-hydrogen) atoms. The van der Waals surface area contributed by atoms with Crippen molar-refractivity contribution in [2.24, 2.45) is 11.8 Å². The molecule has 1 aliphatic heterocycles. The molecule has 8 heteroatoms. The van der Waals surface area contributed by atoms with Crippen molar-refractivity contribution in [1.29, 1.82) is 0 Å². The lowest BCUT2D eigenvalue weighted by molar-refractivity contribution is -0.385. The summed E-state index contributed by atoms with van der Waals surface area (Å²) in [6.07, 6.45) is 0.510. The Balaban J connectivity index is 2.36. The number of hydrogen-bond donors (Lipinski definition) is 1. The van der Waals surface area contributed by atoms with E-state index >= 15 is 0 Å². The molecule has 1 fully saturated rings. The van der Waals surface area contributed by atoms with Gasteiger partial charge in [-0.15, -0.1) is 0 Å². The van der Waals surface area contributed by atoms with E-state index in [1.165, 1.54) is 24.1 Å². The van der Waals surface area contributed by atoms with Crippen LogP contribution in [0.15, 0.2) is 12.1 Å². The van der Waals surface area contributed by atoms with Crippen LogP contribution in [0.25, 0.3) is 0 Å². The van der Waals surface area contributed by atoms with Crippen LogP contribution in [0, 0.1) is 28.9 Å². The van der Waals surface area contributed by atoms with E-state index in [2.05, 4.69) is 0 Å². The topological polar surface area (TPSA) is 110 Å². The molecule has 1 aliphatic rings. The van der Waals surface area contributed by atoms with Gasteiger partial charge in [0, 0.05) is 19.2 Å². The van der Waals surface area contributed by atoms with Gasteiger partial charge in [-0.2, -0.15) is 0 Å². The van der Waals surface area contributed by atoms with E-state index in [0.717, 1.165) is 0 Å². The molecule has 0 aliphatic carbocycles. The summed E-state index contributed by atoms with van der Waals surface area (Å²) in [4.78, 5) is 36.0. The minimum atomic E-state index is -0.938. The zero-order valence-electron chi connectivity index (χ0n) is 13.8. The van der Waals surface area contributed by atoms with Crippen LogP contribution in [0.1, 0.15) is 29.3 Å². The van der Waals surface area contributed by atoms with E-state index < -0.39 is 22.7 Å². The molecule has 1 aromatic carbocycles. The van der Waals surface area contributed by atoms with E-state index in [4.69, 9.17) is 4.74 Å². The maximum atomic E-state index is 12.7. The molecule has 1 aromatic rings. The molecule has 2 atom stereocenters. The van der Waals surface area contributed by atoms with Gasteiger partial charge in [0.15, 0.2) is 0 Å². The van der Waals surface area contributed by atoms with Crippen LogP contribution in [0.5, 0.6) is 5.75 Å². The number of carboxylic acids is 1. The summed E-state index contributed by atoms with van der Waals surface area (Å²) in [5.41, 5.74) is 0.273. The quantitative estimate of drug-likeness (QED) is 0.666. The predicted molar refractivity (Wildman–Crippen MR) is 85.2 cm³/mol. The summed E-state index contributed by atoms with van der Waals surface area (Å²) in [5.74, 6) is -1.68. The number of piperidine rings is 1. The minimum Gasteiger partial charge on any atom is -0.496 e. The van der Waals surface area contributed by atoms with Gasteiger partial charge in [0.05, 0.1) is 29.1 Å². The zero-order valence-corrected chi connectivity index (χ0v) is 13.8. The number of likely N-dealkylation sites (tertiary alicyclic amines) is 1. The monoisotopic (exact) mass is 336 g/mol. The summed E-state index contributed by atoms with van der Waals surface area (Å²) >= 11 is 0. The Hall–Kier alpha value is -2.64. The second-order valence-electron chi connectivity index (χ2n) is 6.17. The molecular weight excluding hydrogens is 316 g/mol. The van der Waals surface area contributed by atoms with Crippen molar-refractivity contribution in [2.75, 3.05) is 20.2 Å². The molecule has 1 heterocycles. The number of nitro benzene ring substituents is 1. The Labute approximate surface area is 139 Å². The third kappa shape index (κ3) is 3.47. The first-order valence-electron chi connectivity index (χ1n) is 7.59. The molecule has 0 radical (unpaired) electrons. The number of aliphatic carboxylic acids is 1. The third-order valence-corrected chi connectivity index (χ3v) is 4.29. The van der Waals surface area contributed by atoms with Gasteiger partial charge in [-0.25, -0.2) is 0 Å². The summed E-state index contributed by atoms with van der Waals surface area (Å²) in [6, 6.07) is 2.68. The number of carbonyl (C=O) groups is 2. The van der Waals surface area contributed by atoms with Crippen molar-refractivity contribution in [3.05, 3.63) is 33.4 Å². The molecule has 2 unspecified atom stereocenters. The van der Waals surface area contributed by atoms with Crippen LogP contribution in [0.4, 0.5) is 5.69 Å². The maximum Gasteiger partial charge on any atom is 0.308 e. The Bertz CT molecular complexity index is 687. The molecule has 8 nitrogen and oxygen atoms in total. The van der Waals surface area contributed by atoms with Crippen molar-refractivity contribution >= 4 is 17.6 Å². The molecule has 0 aromatic heterocycles. The third-order valence-electron chi connectivity index (χ3n) is 4.29. The van der Waals surface area contributed by atoms with Gasteiger partial charge in [-0.3, -0.25) is 19.7 Å². The number of ether oxygens (including phenoxy) is 1.